The van der Waals surface area contributed by atoms with E-state index in [4.69, 9.17) is 5.26 Å². The molecule has 9 heteroatoms. The molecule has 7 nitrogen and oxygen atoms in total. The molecule has 156 valence electrons. The second-order valence-corrected chi connectivity index (χ2v) is 8.20. The highest BCUT2D eigenvalue weighted by molar-refractivity contribution is 7.13. The van der Waals surface area contributed by atoms with Crippen molar-refractivity contribution >= 4 is 28.8 Å². The van der Waals surface area contributed by atoms with Crippen LogP contribution in [-0.4, -0.2) is 40.0 Å². The molecule has 1 fully saturated rings. The smallest absolute Gasteiger partial charge is 0.286 e. The van der Waals surface area contributed by atoms with Crippen molar-refractivity contribution in [2.45, 2.75) is 18.8 Å². The first-order valence-corrected chi connectivity index (χ1v) is 10.5. The Kier molecular flexibility index (Phi) is 6.00. The molecule has 1 aliphatic rings. The number of anilines is 1. The van der Waals surface area contributed by atoms with Gasteiger partial charge in [-0.15, -0.1) is 10.2 Å². The van der Waals surface area contributed by atoms with Gasteiger partial charge in [-0.2, -0.15) is 5.26 Å². The van der Waals surface area contributed by atoms with Gasteiger partial charge in [-0.05, 0) is 55.3 Å². The Labute approximate surface area is 182 Å². The molecular formula is C22H18FN5O2S. The number of hydrogen-bond donors (Lipinski definition) is 1. The quantitative estimate of drug-likeness (QED) is 0.672. The molecule has 31 heavy (non-hydrogen) atoms. The van der Waals surface area contributed by atoms with E-state index in [0.29, 0.717) is 34.9 Å². The van der Waals surface area contributed by atoms with E-state index in [9.17, 15) is 14.0 Å². The minimum absolute atomic E-state index is 0.00991. The second kappa shape index (κ2) is 9.02. The number of aromatic nitrogens is 2. The first kappa shape index (κ1) is 20.6. The van der Waals surface area contributed by atoms with Crippen molar-refractivity contribution in [2.75, 3.05) is 18.4 Å². The number of nitriles is 1. The number of likely N-dealkylation sites (tertiary alicyclic amines) is 1. The molecule has 0 bridgehead atoms. The van der Waals surface area contributed by atoms with Gasteiger partial charge in [-0.3, -0.25) is 9.59 Å². The van der Waals surface area contributed by atoms with Crippen molar-refractivity contribution in [3.8, 4) is 6.07 Å². The molecule has 3 aromatic rings. The van der Waals surface area contributed by atoms with Crippen LogP contribution in [0.2, 0.25) is 0 Å². The van der Waals surface area contributed by atoms with E-state index in [1.807, 2.05) is 6.07 Å². The highest BCUT2D eigenvalue weighted by Gasteiger charge is 2.28. The fourth-order valence-corrected chi connectivity index (χ4v) is 4.34. The summed E-state index contributed by atoms with van der Waals surface area (Å²) in [6.45, 7) is 1.13. The number of carbonyl (C=O) groups is 2. The molecule has 2 amide bonds. The second-order valence-electron chi connectivity index (χ2n) is 7.19. The summed E-state index contributed by atoms with van der Waals surface area (Å²) in [7, 11) is 0. The van der Waals surface area contributed by atoms with Gasteiger partial charge in [-0.1, -0.05) is 17.4 Å². The lowest BCUT2D eigenvalue weighted by Gasteiger charge is -2.31. The zero-order chi connectivity index (χ0) is 21.8. The van der Waals surface area contributed by atoms with Gasteiger partial charge in [0.2, 0.25) is 5.01 Å². The minimum Gasteiger partial charge on any atom is -0.338 e. The normalized spacial score (nSPS) is 15.9. The number of rotatable bonds is 4. The van der Waals surface area contributed by atoms with E-state index < -0.39 is 11.7 Å². The van der Waals surface area contributed by atoms with Crippen LogP contribution in [0.5, 0.6) is 0 Å². The lowest BCUT2D eigenvalue weighted by Crippen LogP contribution is -2.39. The van der Waals surface area contributed by atoms with Crippen LogP contribution >= 0.6 is 11.3 Å². The summed E-state index contributed by atoms with van der Waals surface area (Å²) in [6, 6.07) is 14.2. The van der Waals surface area contributed by atoms with E-state index in [1.165, 1.54) is 29.5 Å². The van der Waals surface area contributed by atoms with E-state index in [-0.39, 0.29) is 16.8 Å². The van der Waals surface area contributed by atoms with Gasteiger partial charge in [-0.25, -0.2) is 4.39 Å². The zero-order valence-corrected chi connectivity index (χ0v) is 17.2. The third kappa shape index (κ3) is 4.75. The van der Waals surface area contributed by atoms with Crippen molar-refractivity contribution in [1.82, 2.24) is 15.1 Å². The molecule has 0 radical (unpaired) electrons. The summed E-state index contributed by atoms with van der Waals surface area (Å²) < 4.78 is 13.3. The lowest BCUT2D eigenvalue weighted by atomic mass is 9.98. The van der Waals surface area contributed by atoms with Gasteiger partial charge in [0.15, 0.2) is 0 Å². The predicted molar refractivity (Wildman–Crippen MR) is 113 cm³/mol. The van der Waals surface area contributed by atoms with Gasteiger partial charge in [0.05, 0.1) is 11.6 Å². The molecule has 0 aliphatic carbocycles. The molecule has 1 saturated heterocycles. The molecule has 2 aromatic carbocycles. The molecule has 4 rings (SSSR count). The van der Waals surface area contributed by atoms with Gasteiger partial charge < -0.3 is 10.2 Å². The van der Waals surface area contributed by atoms with Gasteiger partial charge in [0.1, 0.15) is 10.8 Å². The van der Waals surface area contributed by atoms with Crippen LogP contribution in [0.15, 0.2) is 48.5 Å². The first-order chi connectivity index (χ1) is 15.0. The Bertz CT molecular complexity index is 1160. The number of hydrogen-bond acceptors (Lipinski definition) is 6. The number of halogens is 1. The Morgan fingerprint density at radius 2 is 2.00 bits per heavy atom. The van der Waals surface area contributed by atoms with E-state index in [2.05, 4.69) is 15.5 Å². The maximum absolute atomic E-state index is 13.3. The number of amides is 2. The van der Waals surface area contributed by atoms with E-state index >= 15 is 0 Å². The topological polar surface area (TPSA) is 99.0 Å². The molecule has 2 heterocycles. The van der Waals surface area contributed by atoms with Gasteiger partial charge >= 0.3 is 0 Å². The molecule has 1 unspecified atom stereocenters. The van der Waals surface area contributed by atoms with Gasteiger partial charge in [0.25, 0.3) is 11.8 Å². The maximum Gasteiger partial charge on any atom is 0.286 e. The fraction of sp³-hybridized carbons (Fsp3) is 0.227. The number of carbonyl (C=O) groups excluding carboxylic acids is 2. The van der Waals surface area contributed by atoms with E-state index in [0.717, 1.165) is 12.8 Å². The highest BCUT2D eigenvalue weighted by Crippen LogP contribution is 2.30. The molecule has 1 atom stereocenters. The van der Waals surface area contributed by atoms with Crippen LogP contribution < -0.4 is 5.32 Å². The maximum atomic E-state index is 13.3. The van der Waals surface area contributed by atoms with E-state index in [1.54, 1.807) is 35.2 Å². The standard InChI is InChI=1S/C22H18FN5O2S/c23-17-4-1-5-18(11-17)25-19(29)21-27-26-20(31-21)16-3-2-10-28(13-16)22(30)15-8-6-14(12-24)7-9-15/h1,4-9,11,16H,2-3,10,13H2,(H,25,29). The molecule has 0 spiro atoms. The molecular weight excluding hydrogens is 417 g/mol. The third-order valence-corrected chi connectivity index (χ3v) is 6.12. The van der Waals surface area contributed by atoms with Crippen molar-refractivity contribution in [1.29, 1.82) is 5.26 Å². The number of nitrogens with one attached hydrogen (secondary N) is 1. The summed E-state index contributed by atoms with van der Waals surface area (Å²) in [5, 5.41) is 20.6. The fourth-order valence-electron chi connectivity index (χ4n) is 3.48. The Morgan fingerprint density at radius 3 is 2.74 bits per heavy atom. The van der Waals surface area contributed by atoms with Crippen molar-refractivity contribution in [3.05, 3.63) is 75.5 Å². The summed E-state index contributed by atoms with van der Waals surface area (Å²) in [6.07, 6.45) is 1.66. The first-order valence-electron chi connectivity index (χ1n) is 9.73. The summed E-state index contributed by atoms with van der Waals surface area (Å²) in [5.74, 6) is -0.993. The summed E-state index contributed by atoms with van der Waals surface area (Å²) in [4.78, 5) is 27.0. The largest absolute Gasteiger partial charge is 0.338 e. The minimum atomic E-state index is -0.448. The number of piperidine rings is 1. The van der Waals surface area contributed by atoms with Crippen LogP contribution in [0.1, 0.15) is 49.5 Å². The van der Waals surface area contributed by atoms with Crippen LogP contribution in [0.3, 0.4) is 0 Å². The monoisotopic (exact) mass is 435 g/mol. The summed E-state index contributed by atoms with van der Waals surface area (Å²) >= 11 is 1.18. The van der Waals surface area contributed by atoms with Gasteiger partial charge in [0, 0.05) is 30.3 Å². The Hall–Kier alpha value is -3.64. The summed E-state index contributed by atoms with van der Waals surface area (Å²) in [5.41, 5.74) is 1.39. The third-order valence-electron chi connectivity index (χ3n) is 5.04. The molecule has 1 N–H and O–H groups in total. The SMILES string of the molecule is N#Cc1ccc(C(=O)N2CCCC(c3nnc(C(=O)Nc4cccc(F)c4)s3)C2)cc1. The van der Waals surface area contributed by atoms with Crippen molar-refractivity contribution in [3.63, 3.8) is 0 Å². The number of benzene rings is 2. The zero-order valence-electron chi connectivity index (χ0n) is 16.4. The van der Waals surface area contributed by atoms with Crippen molar-refractivity contribution in [2.24, 2.45) is 0 Å². The Morgan fingerprint density at radius 1 is 1.19 bits per heavy atom. The Balaban J connectivity index is 1.42. The number of nitrogens with zero attached hydrogens (tertiary/aromatic N) is 4. The van der Waals surface area contributed by atoms with Crippen LogP contribution in [0, 0.1) is 17.1 Å². The molecule has 1 aromatic heterocycles. The average molecular weight is 435 g/mol. The average Bonchev–Trinajstić information content (AvgIpc) is 3.29. The molecule has 0 saturated carbocycles. The lowest BCUT2D eigenvalue weighted by molar-refractivity contribution is 0.0706. The predicted octanol–water partition coefficient (Wildman–Crippen LogP) is 3.82. The van der Waals surface area contributed by atoms with Crippen LogP contribution in [0.25, 0.3) is 0 Å². The highest BCUT2D eigenvalue weighted by atomic mass is 32.1. The van der Waals surface area contributed by atoms with Crippen LogP contribution in [0.4, 0.5) is 10.1 Å². The van der Waals surface area contributed by atoms with Crippen molar-refractivity contribution < 1.29 is 14.0 Å². The molecule has 1 aliphatic heterocycles. The van der Waals surface area contributed by atoms with Crippen LogP contribution in [-0.2, 0) is 0 Å².